The van der Waals surface area contributed by atoms with E-state index in [2.05, 4.69) is 25.5 Å². The van der Waals surface area contributed by atoms with Crippen molar-refractivity contribution in [1.82, 2.24) is 14.9 Å². The molecule has 1 aliphatic rings. The average molecular weight is 344 g/mol. The lowest BCUT2D eigenvalue weighted by Gasteiger charge is -2.26. The molecule has 8 nitrogen and oxygen atoms in total. The molecule has 1 fully saturated rings. The molecule has 0 aliphatic carbocycles. The Morgan fingerprint density at radius 1 is 1.20 bits per heavy atom. The maximum atomic E-state index is 6.22. The van der Waals surface area contributed by atoms with Crippen molar-refractivity contribution in [3.8, 4) is 5.75 Å². The Bertz CT molecular complexity index is 691. The summed E-state index contributed by atoms with van der Waals surface area (Å²) < 4.78 is 10.7. The van der Waals surface area contributed by atoms with E-state index in [0.29, 0.717) is 17.3 Å². The van der Waals surface area contributed by atoms with Crippen LogP contribution in [0, 0.1) is 0 Å². The van der Waals surface area contributed by atoms with Gasteiger partial charge < -0.3 is 25.8 Å². The van der Waals surface area contributed by atoms with Crippen LogP contribution < -0.4 is 21.1 Å². The number of hydrogen-bond acceptors (Lipinski definition) is 8. The quantitative estimate of drug-likeness (QED) is 0.696. The lowest BCUT2D eigenvalue weighted by molar-refractivity contribution is 0.0398. The van der Waals surface area contributed by atoms with E-state index in [0.717, 1.165) is 50.8 Å². The minimum absolute atomic E-state index is 0.482. The van der Waals surface area contributed by atoms with Crippen LogP contribution in [0.4, 0.5) is 23.0 Å². The van der Waals surface area contributed by atoms with E-state index in [1.54, 1.807) is 7.11 Å². The van der Waals surface area contributed by atoms with Crippen LogP contribution in [0.3, 0.4) is 0 Å². The predicted octanol–water partition coefficient (Wildman–Crippen LogP) is 1.56. The van der Waals surface area contributed by atoms with Crippen LogP contribution >= 0.6 is 0 Å². The van der Waals surface area contributed by atoms with Gasteiger partial charge in [-0.2, -0.15) is 0 Å². The third kappa shape index (κ3) is 4.49. The number of aromatic nitrogens is 2. The molecule has 0 spiro atoms. The first-order valence-electron chi connectivity index (χ1n) is 8.32. The van der Waals surface area contributed by atoms with Gasteiger partial charge in [0.1, 0.15) is 17.8 Å². The number of benzene rings is 1. The van der Waals surface area contributed by atoms with Crippen molar-refractivity contribution in [2.75, 3.05) is 62.9 Å². The number of hydrogen-bond donors (Lipinski definition) is 3. The highest BCUT2D eigenvalue weighted by Crippen LogP contribution is 2.30. The van der Waals surface area contributed by atoms with Crippen LogP contribution in [-0.2, 0) is 4.74 Å². The molecule has 1 aromatic heterocycles. The van der Waals surface area contributed by atoms with Crippen LogP contribution in [0.25, 0.3) is 0 Å². The average Bonchev–Trinajstić information content (AvgIpc) is 2.66. The fourth-order valence-corrected chi connectivity index (χ4v) is 2.67. The van der Waals surface area contributed by atoms with Crippen molar-refractivity contribution >= 4 is 23.0 Å². The monoisotopic (exact) mass is 344 g/mol. The number of para-hydroxylation sites is 2. The highest BCUT2D eigenvalue weighted by atomic mass is 16.5. The molecule has 134 valence electrons. The number of methoxy groups -OCH3 is 1. The van der Waals surface area contributed by atoms with E-state index in [-0.39, 0.29) is 0 Å². The highest BCUT2D eigenvalue weighted by molar-refractivity contribution is 5.79. The lowest BCUT2D eigenvalue weighted by atomic mass is 10.3. The van der Waals surface area contributed by atoms with Gasteiger partial charge >= 0.3 is 0 Å². The minimum Gasteiger partial charge on any atom is -0.495 e. The molecule has 0 bridgehead atoms. The Morgan fingerprint density at radius 3 is 2.76 bits per heavy atom. The Kier molecular flexibility index (Phi) is 5.86. The fraction of sp³-hybridized carbons (Fsp3) is 0.412. The molecular weight excluding hydrogens is 320 g/mol. The highest BCUT2D eigenvalue weighted by Gasteiger charge is 2.12. The first-order valence-corrected chi connectivity index (χ1v) is 8.32. The van der Waals surface area contributed by atoms with Crippen LogP contribution in [0.1, 0.15) is 0 Å². The van der Waals surface area contributed by atoms with Gasteiger partial charge in [-0.1, -0.05) is 12.1 Å². The second-order valence-electron chi connectivity index (χ2n) is 5.69. The zero-order chi connectivity index (χ0) is 17.5. The molecule has 2 heterocycles. The van der Waals surface area contributed by atoms with Crippen molar-refractivity contribution in [2.24, 2.45) is 0 Å². The summed E-state index contributed by atoms with van der Waals surface area (Å²) in [5, 5.41) is 6.49. The topological polar surface area (TPSA) is 97.6 Å². The maximum Gasteiger partial charge on any atom is 0.159 e. The fourth-order valence-electron chi connectivity index (χ4n) is 2.67. The summed E-state index contributed by atoms with van der Waals surface area (Å²) in [4.78, 5) is 10.8. The summed E-state index contributed by atoms with van der Waals surface area (Å²) in [7, 11) is 1.63. The van der Waals surface area contributed by atoms with Crippen LogP contribution in [-0.4, -0.2) is 61.4 Å². The van der Waals surface area contributed by atoms with Crippen molar-refractivity contribution < 1.29 is 9.47 Å². The number of morpholine rings is 1. The Labute approximate surface area is 147 Å². The summed E-state index contributed by atoms with van der Waals surface area (Å²) in [6.45, 7) is 5.19. The first kappa shape index (κ1) is 17.2. The van der Waals surface area contributed by atoms with Crippen LogP contribution in [0.5, 0.6) is 5.75 Å². The van der Waals surface area contributed by atoms with E-state index < -0.39 is 0 Å². The molecule has 0 radical (unpaired) electrons. The molecule has 1 saturated heterocycles. The SMILES string of the molecule is COc1ccccc1Nc1ncnc(NCCN2CCOCC2)c1N. The van der Waals surface area contributed by atoms with E-state index in [9.17, 15) is 0 Å². The van der Waals surface area contributed by atoms with Gasteiger partial charge in [0.25, 0.3) is 0 Å². The second kappa shape index (κ2) is 8.50. The van der Waals surface area contributed by atoms with Crippen LogP contribution in [0.15, 0.2) is 30.6 Å². The van der Waals surface area contributed by atoms with Gasteiger partial charge in [-0.15, -0.1) is 0 Å². The number of anilines is 4. The number of nitrogen functional groups attached to an aromatic ring is 1. The molecule has 0 saturated carbocycles. The van der Waals surface area contributed by atoms with Crippen molar-refractivity contribution in [3.63, 3.8) is 0 Å². The lowest BCUT2D eigenvalue weighted by Crippen LogP contribution is -2.39. The van der Waals surface area contributed by atoms with Gasteiger partial charge in [0, 0.05) is 26.2 Å². The molecule has 2 aromatic rings. The van der Waals surface area contributed by atoms with Gasteiger partial charge in [0.15, 0.2) is 11.6 Å². The van der Waals surface area contributed by atoms with E-state index in [1.165, 1.54) is 6.33 Å². The van der Waals surface area contributed by atoms with Gasteiger partial charge in [0.2, 0.25) is 0 Å². The zero-order valence-corrected chi connectivity index (χ0v) is 14.4. The summed E-state index contributed by atoms with van der Waals surface area (Å²) in [6.07, 6.45) is 1.49. The summed E-state index contributed by atoms with van der Waals surface area (Å²) >= 11 is 0. The standard InChI is InChI=1S/C17H24N6O2/c1-24-14-5-3-2-4-13(14)22-17-15(18)16(20-12-21-17)19-6-7-23-8-10-25-11-9-23/h2-5,12H,6-11,18H2,1H3,(H2,19,20,21,22). The van der Waals surface area contributed by atoms with E-state index in [1.807, 2.05) is 24.3 Å². The predicted molar refractivity (Wildman–Crippen MR) is 98.5 cm³/mol. The van der Waals surface area contributed by atoms with E-state index >= 15 is 0 Å². The van der Waals surface area contributed by atoms with Gasteiger partial charge in [-0.3, -0.25) is 4.90 Å². The molecule has 1 aliphatic heterocycles. The van der Waals surface area contributed by atoms with Crippen molar-refractivity contribution in [1.29, 1.82) is 0 Å². The molecule has 25 heavy (non-hydrogen) atoms. The number of rotatable bonds is 7. The van der Waals surface area contributed by atoms with Gasteiger partial charge in [-0.05, 0) is 12.1 Å². The normalized spacial score (nSPS) is 14.9. The number of nitrogens with two attached hydrogens (primary N) is 1. The summed E-state index contributed by atoms with van der Waals surface area (Å²) in [6, 6.07) is 7.61. The molecule has 0 atom stereocenters. The third-order valence-electron chi connectivity index (χ3n) is 4.07. The Morgan fingerprint density at radius 2 is 1.96 bits per heavy atom. The molecule has 0 amide bonds. The number of nitrogens with zero attached hydrogens (tertiary/aromatic N) is 3. The van der Waals surface area contributed by atoms with E-state index in [4.69, 9.17) is 15.2 Å². The number of ether oxygens (including phenoxy) is 2. The summed E-state index contributed by atoms with van der Waals surface area (Å²) in [5.74, 6) is 1.90. The van der Waals surface area contributed by atoms with Crippen LogP contribution in [0.2, 0.25) is 0 Å². The molecule has 3 rings (SSSR count). The first-order chi connectivity index (χ1) is 12.3. The molecular formula is C17H24N6O2. The number of nitrogens with one attached hydrogen (secondary N) is 2. The largest absolute Gasteiger partial charge is 0.495 e. The minimum atomic E-state index is 0.482. The molecule has 4 N–H and O–H groups in total. The van der Waals surface area contributed by atoms with Gasteiger partial charge in [0.05, 0.1) is 26.0 Å². The summed E-state index contributed by atoms with van der Waals surface area (Å²) in [5.41, 5.74) is 7.50. The Balaban J connectivity index is 1.63. The molecule has 0 unspecified atom stereocenters. The molecule has 1 aromatic carbocycles. The van der Waals surface area contributed by atoms with Crippen molar-refractivity contribution in [2.45, 2.75) is 0 Å². The van der Waals surface area contributed by atoms with Crippen molar-refractivity contribution in [3.05, 3.63) is 30.6 Å². The molecule has 8 heteroatoms. The maximum absolute atomic E-state index is 6.22. The third-order valence-corrected chi connectivity index (χ3v) is 4.07. The Hall–Kier alpha value is -2.58. The smallest absolute Gasteiger partial charge is 0.159 e. The zero-order valence-electron chi connectivity index (χ0n) is 14.4. The second-order valence-corrected chi connectivity index (χ2v) is 5.69. The van der Waals surface area contributed by atoms with Gasteiger partial charge in [-0.25, -0.2) is 9.97 Å².